The number of rotatable bonds is 7. The second-order valence-electron chi connectivity index (χ2n) is 6.01. The third-order valence-corrected chi connectivity index (χ3v) is 4.14. The fourth-order valence-electron chi connectivity index (χ4n) is 2.75. The van der Waals surface area contributed by atoms with Crippen LogP contribution in [0.3, 0.4) is 0 Å². The van der Waals surface area contributed by atoms with Crippen molar-refractivity contribution < 1.29 is 9.90 Å². The largest absolute Gasteiger partial charge is 0.393 e. The average molecular weight is 378 g/mol. The summed E-state index contributed by atoms with van der Waals surface area (Å²) in [5, 5.41) is 12.4. The Morgan fingerprint density at radius 2 is 1.88 bits per heavy atom. The number of nitrogens with two attached hydrogens (primary N) is 1. The van der Waals surface area contributed by atoms with Crippen molar-refractivity contribution in [2.24, 2.45) is 5.73 Å². The Hall–Kier alpha value is -0.850. The van der Waals surface area contributed by atoms with Gasteiger partial charge in [-0.15, -0.1) is 24.8 Å². The molecule has 1 amide bonds. The molecule has 2 rings (SSSR count). The van der Waals surface area contributed by atoms with E-state index in [1.165, 1.54) is 0 Å². The highest BCUT2D eigenvalue weighted by Gasteiger charge is 2.17. The maximum atomic E-state index is 12.0. The Bertz CT molecular complexity index is 454. The van der Waals surface area contributed by atoms with E-state index < -0.39 is 6.04 Å². The Morgan fingerprint density at radius 1 is 1.25 bits per heavy atom. The number of benzene rings is 1. The van der Waals surface area contributed by atoms with Gasteiger partial charge in [-0.3, -0.25) is 4.79 Å². The Morgan fingerprint density at radius 3 is 2.50 bits per heavy atom. The number of carbonyl (C=O) groups is 1. The van der Waals surface area contributed by atoms with E-state index in [9.17, 15) is 9.90 Å². The summed E-state index contributed by atoms with van der Waals surface area (Å²) in [6, 6.07) is 9.34. The lowest BCUT2D eigenvalue weighted by Gasteiger charge is -2.29. The van der Waals surface area contributed by atoms with Gasteiger partial charge < -0.3 is 21.1 Å². The van der Waals surface area contributed by atoms with Crippen LogP contribution in [0, 0.1) is 0 Å². The van der Waals surface area contributed by atoms with Gasteiger partial charge in [0.05, 0.1) is 12.1 Å². The molecule has 0 saturated carbocycles. The first kappa shape index (κ1) is 23.1. The van der Waals surface area contributed by atoms with Gasteiger partial charge in [-0.05, 0) is 37.8 Å². The molecule has 138 valence electrons. The van der Waals surface area contributed by atoms with Crippen LogP contribution in [-0.4, -0.2) is 54.2 Å². The van der Waals surface area contributed by atoms with Crippen LogP contribution in [0.5, 0.6) is 0 Å². The molecule has 0 spiro atoms. The smallest absolute Gasteiger partial charge is 0.237 e. The molecule has 1 aromatic carbocycles. The van der Waals surface area contributed by atoms with Crippen molar-refractivity contribution in [3.05, 3.63) is 35.9 Å². The normalized spacial score (nSPS) is 16.6. The number of aliphatic hydroxyl groups excluding tert-OH is 1. The molecule has 1 aliphatic heterocycles. The van der Waals surface area contributed by atoms with Crippen LogP contribution < -0.4 is 11.1 Å². The molecule has 4 N–H and O–H groups in total. The summed E-state index contributed by atoms with van der Waals surface area (Å²) in [5.74, 6) is -0.0853. The van der Waals surface area contributed by atoms with E-state index in [4.69, 9.17) is 5.73 Å². The molecule has 1 aliphatic rings. The van der Waals surface area contributed by atoms with Gasteiger partial charge in [-0.25, -0.2) is 0 Å². The number of hydrogen-bond donors (Lipinski definition) is 3. The Kier molecular flexibility index (Phi) is 12.1. The molecule has 5 nitrogen and oxygen atoms in total. The molecule has 1 saturated heterocycles. The number of aliphatic hydroxyl groups is 1. The second kappa shape index (κ2) is 12.5. The molecule has 1 heterocycles. The number of halogens is 2. The van der Waals surface area contributed by atoms with Gasteiger partial charge >= 0.3 is 0 Å². The SMILES string of the molecule is Cl.Cl.NC(Cc1ccccc1)C(=O)NCCCN1CCC(O)CC1. The van der Waals surface area contributed by atoms with Gasteiger partial charge in [0.2, 0.25) is 5.91 Å². The standard InChI is InChI=1S/C17H27N3O2.2ClH/c18-16(13-14-5-2-1-3-6-14)17(22)19-9-4-10-20-11-7-15(21)8-12-20;;/h1-3,5-6,15-16,21H,4,7-13,18H2,(H,19,22);2*1H. The van der Waals surface area contributed by atoms with E-state index in [-0.39, 0.29) is 36.8 Å². The summed E-state index contributed by atoms with van der Waals surface area (Å²) < 4.78 is 0. The van der Waals surface area contributed by atoms with Crippen molar-refractivity contribution in [1.82, 2.24) is 10.2 Å². The van der Waals surface area contributed by atoms with Gasteiger partial charge in [0.1, 0.15) is 0 Å². The summed E-state index contributed by atoms with van der Waals surface area (Å²) in [6.45, 7) is 3.51. The minimum atomic E-state index is -0.493. The molecule has 0 radical (unpaired) electrons. The first-order valence-corrected chi connectivity index (χ1v) is 8.13. The van der Waals surface area contributed by atoms with Crippen molar-refractivity contribution in [3.8, 4) is 0 Å². The van der Waals surface area contributed by atoms with Gasteiger partial charge in [-0.1, -0.05) is 30.3 Å². The Labute approximate surface area is 156 Å². The van der Waals surface area contributed by atoms with Crippen molar-refractivity contribution >= 4 is 30.7 Å². The van der Waals surface area contributed by atoms with E-state index in [1.54, 1.807) is 0 Å². The van der Waals surface area contributed by atoms with E-state index in [2.05, 4.69) is 10.2 Å². The topological polar surface area (TPSA) is 78.6 Å². The number of nitrogens with zero attached hydrogens (tertiary/aromatic N) is 1. The summed E-state index contributed by atoms with van der Waals surface area (Å²) in [5.41, 5.74) is 7.02. The molecule has 0 aromatic heterocycles. The van der Waals surface area contributed by atoms with Gasteiger partial charge in [0, 0.05) is 19.6 Å². The minimum Gasteiger partial charge on any atom is -0.393 e. The van der Waals surface area contributed by atoms with Crippen LogP contribution in [0.4, 0.5) is 0 Å². The molecular weight excluding hydrogens is 349 g/mol. The molecular formula is C17H29Cl2N3O2. The highest BCUT2D eigenvalue weighted by Crippen LogP contribution is 2.09. The minimum absolute atomic E-state index is 0. The van der Waals surface area contributed by atoms with Crippen LogP contribution in [-0.2, 0) is 11.2 Å². The summed E-state index contributed by atoms with van der Waals surface area (Å²) in [6.07, 6.45) is 3.06. The lowest BCUT2D eigenvalue weighted by molar-refractivity contribution is -0.122. The summed E-state index contributed by atoms with van der Waals surface area (Å²) in [4.78, 5) is 14.3. The average Bonchev–Trinajstić information content (AvgIpc) is 2.54. The highest BCUT2D eigenvalue weighted by atomic mass is 35.5. The predicted molar refractivity (Wildman–Crippen MR) is 102 cm³/mol. The second-order valence-corrected chi connectivity index (χ2v) is 6.01. The summed E-state index contributed by atoms with van der Waals surface area (Å²) >= 11 is 0. The number of carbonyl (C=O) groups excluding carboxylic acids is 1. The van der Waals surface area contributed by atoms with E-state index in [1.807, 2.05) is 30.3 Å². The number of nitrogens with one attached hydrogen (secondary N) is 1. The number of hydrogen-bond acceptors (Lipinski definition) is 4. The molecule has 1 unspecified atom stereocenters. The molecule has 1 aromatic rings. The van der Waals surface area contributed by atoms with Crippen molar-refractivity contribution in [1.29, 1.82) is 0 Å². The lowest BCUT2D eigenvalue weighted by Crippen LogP contribution is -2.43. The third-order valence-electron chi connectivity index (χ3n) is 4.14. The first-order valence-electron chi connectivity index (χ1n) is 8.13. The van der Waals surface area contributed by atoms with Crippen LogP contribution in [0.2, 0.25) is 0 Å². The molecule has 1 atom stereocenters. The summed E-state index contributed by atoms with van der Waals surface area (Å²) in [7, 11) is 0. The van der Waals surface area contributed by atoms with Gasteiger partial charge in [-0.2, -0.15) is 0 Å². The van der Waals surface area contributed by atoms with E-state index in [0.717, 1.165) is 44.5 Å². The van der Waals surface area contributed by atoms with E-state index in [0.29, 0.717) is 13.0 Å². The zero-order valence-corrected chi connectivity index (χ0v) is 15.5. The quantitative estimate of drug-likeness (QED) is 0.626. The monoisotopic (exact) mass is 377 g/mol. The maximum Gasteiger partial charge on any atom is 0.237 e. The fourth-order valence-corrected chi connectivity index (χ4v) is 2.75. The molecule has 7 heteroatoms. The number of piperidine rings is 1. The van der Waals surface area contributed by atoms with Crippen LogP contribution in [0.15, 0.2) is 30.3 Å². The van der Waals surface area contributed by atoms with Crippen LogP contribution in [0.1, 0.15) is 24.8 Å². The Balaban J connectivity index is 0.00000264. The fraction of sp³-hybridized carbons (Fsp3) is 0.588. The molecule has 24 heavy (non-hydrogen) atoms. The number of likely N-dealkylation sites (tertiary alicyclic amines) is 1. The van der Waals surface area contributed by atoms with Crippen molar-refractivity contribution in [3.63, 3.8) is 0 Å². The van der Waals surface area contributed by atoms with Crippen molar-refractivity contribution in [2.45, 2.75) is 37.8 Å². The zero-order chi connectivity index (χ0) is 15.8. The maximum absolute atomic E-state index is 12.0. The molecule has 1 fully saturated rings. The van der Waals surface area contributed by atoms with Crippen LogP contribution in [0.25, 0.3) is 0 Å². The highest BCUT2D eigenvalue weighted by molar-refractivity contribution is 5.85. The molecule has 0 aliphatic carbocycles. The van der Waals surface area contributed by atoms with Crippen molar-refractivity contribution in [2.75, 3.05) is 26.2 Å². The first-order chi connectivity index (χ1) is 10.6. The van der Waals surface area contributed by atoms with Crippen LogP contribution >= 0.6 is 24.8 Å². The molecule has 0 bridgehead atoms. The van der Waals surface area contributed by atoms with E-state index >= 15 is 0 Å². The zero-order valence-electron chi connectivity index (χ0n) is 13.9. The predicted octanol–water partition coefficient (Wildman–Crippen LogP) is 1.36. The number of amides is 1. The third kappa shape index (κ3) is 8.31. The van der Waals surface area contributed by atoms with Gasteiger partial charge in [0.15, 0.2) is 0 Å². The lowest BCUT2D eigenvalue weighted by atomic mass is 10.1. The van der Waals surface area contributed by atoms with Gasteiger partial charge in [0.25, 0.3) is 0 Å².